The number of anilines is 1. The van der Waals surface area contributed by atoms with Crippen molar-refractivity contribution in [2.24, 2.45) is 0 Å². The van der Waals surface area contributed by atoms with Gasteiger partial charge in [0.15, 0.2) is 28.7 Å². The highest BCUT2D eigenvalue weighted by atomic mass is 35.5. The fourth-order valence-corrected chi connectivity index (χ4v) is 7.28. The molecule has 2 heterocycles. The monoisotopic (exact) mass is 627 g/mol. The lowest BCUT2D eigenvalue weighted by atomic mass is 9.81. The third-order valence-electron chi connectivity index (χ3n) is 9.45. The Labute approximate surface area is 273 Å². The lowest BCUT2D eigenvalue weighted by molar-refractivity contribution is -0.401. The van der Waals surface area contributed by atoms with Crippen LogP contribution >= 0.6 is 11.6 Å². The smallest absolute Gasteiger partial charge is 0.213 e. The first-order chi connectivity index (χ1) is 21.4. The predicted molar refractivity (Wildman–Crippen MR) is 184 cm³/mol. The van der Waals surface area contributed by atoms with Crippen molar-refractivity contribution in [2.75, 3.05) is 39.8 Å². The molecule has 0 spiro atoms. The summed E-state index contributed by atoms with van der Waals surface area (Å²) in [5.41, 5.74) is 8.67. The van der Waals surface area contributed by atoms with E-state index in [1.807, 2.05) is 19.1 Å². The molecule has 2 aromatic carbocycles. The Bertz CT molecular complexity index is 1730. The van der Waals surface area contributed by atoms with Crippen LogP contribution in [0.5, 0.6) is 23.0 Å². The number of hydrogen-bond acceptors (Lipinski definition) is 5. The molecule has 0 saturated heterocycles. The summed E-state index contributed by atoms with van der Waals surface area (Å²) in [5, 5.41) is 0.827. The third kappa shape index (κ3) is 5.53. The van der Waals surface area contributed by atoms with E-state index in [0.29, 0.717) is 18.1 Å². The van der Waals surface area contributed by atoms with Crippen LogP contribution in [0.4, 0.5) is 11.4 Å². The first kappa shape index (κ1) is 32.3. The Hall–Kier alpha value is -4.08. The van der Waals surface area contributed by atoms with E-state index in [2.05, 4.69) is 93.8 Å². The molecule has 0 atom stereocenters. The number of fused-ring (bicyclic) bond motifs is 2. The molecular weight excluding hydrogens is 584 g/mol. The number of rotatable bonds is 8. The molecule has 0 bridgehead atoms. The van der Waals surface area contributed by atoms with Crippen molar-refractivity contribution in [3.8, 4) is 35.5 Å². The van der Waals surface area contributed by atoms with Crippen molar-refractivity contribution >= 4 is 28.7 Å². The Kier molecular flexibility index (Phi) is 8.88. The Morgan fingerprint density at radius 1 is 0.933 bits per heavy atom. The number of terminal acetylenes is 1. The minimum absolute atomic E-state index is 0.217. The van der Waals surface area contributed by atoms with Gasteiger partial charge in [0.2, 0.25) is 5.69 Å². The Morgan fingerprint density at radius 2 is 1.62 bits per heavy atom. The number of hydrogen-bond donors (Lipinski definition) is 0. The second-order valence-corrected chi connectivity index (χ2v) is 13.1. The van der Waals surface area contributed by atoms with Crippen LogP contribution < -0.4 is 23.8 Å². The molecule has 0 aromatic heterocycles. The Balaban J connectivity index is 1.46. The summed E-state index contributed by atoms with van der Waals surface area (Å²) >= 11 is 7.11. The highest BCUT2D eigenvalue weighted by molar-refractivity contribution is 6.32. The van der Waals surface area contributed by atoms with Gasteiger partial charge in [0.25, 0.3) is 0 Å². The minimum Gasteiger partial charge on any atom is -0.493 e. The zero-order valence-corrected chi connectivity index (χ0v) is 28.7. The van der Waals surface area contributed by atoms with Crippen LogP contribution in [-0.4, -0.2) is 45.2 Å². The van der Waals surface area contributed by atoms with Gasteiger partial charge in [-0.05, 0) is 75.0 Å². The number of ether oxygens (including phenoxy) is 4. The lowest BCUT2D eigenvalue weighted by Crippen LogP contribution is -2.26. The van der Waals surface area contributed by atoms with Gasteiger partial charge in [0.05, 0.1) is 32.3 Å². The molecule has 236 valence electrons. The van der Waals surface area contributed by atoms with E-state index >= 15 is 0 Å². The van der Waals surface area contributed by atoms with Crippen LogP contribution in [0.15, 0.2) is 70.4 Å². The summed E-state index contributed by atoms with van der Waals surface area (Å²) in [6.45, 7) is 11.5. The predicted octanol–water partition coefficient (Wildman–Crippen LogP) is 8.55. The molecule has 2 aliphatic heterocycles. The van der Waals surface area contributed by atoms with Gasteiger partial charge >= 0.3 is 0 Å². The van der Waals surface area contributed by atoms with Gasteiger partial charge in [-0.1, -0.05) is 44.0 Å². The summed E-state index contributed by atoms with van der Waals surface area (Å²) in [5.74, 6) is 2.66. The number of methoxy groups -OCH3 is 2. The number of benzene rings is 2. The van der Waals surface area contributed by atoms with Crippen LogP contribution in [-0.2, 0) is 10.8 Å². The zero-order valence-electron chi connectivity index (χ0n) is 27.9. The van der Waals surface area contributed by atoms with Gasteiger partial charge < -0.3 is 23.8 Å². The van der Waals surface area contributed by atoms with Crippen LogP contribution in [0.25, 0.3) is 0 Å². The summed E-state index contributed by atoms with van der Waals surface area (Å²) < 4.78 is 24.7. The van der Waals surface area contributed by atoms with Crippen molar-refractivity contribution in [3.05, 3.63) is 81.6 Å². The average Bonchev–Trinajstić information content (AvgIpc) is 3.31. The summed E-state index contributed by atoms with van der Waals surface area (Å²) in [7, 11) is 7.49. The van der Waals surface area contributed by atoms with Crippen LogP contribution in [0.2, 0.25) is 0 Å². The lowest BCUT2D eigenvalue weighted by Gasteiger charge is -2.24. The molecule has 45 heavy (non-hydrogen) atoms. The second-order valence-electron chi connectivity index (χ2n) is 12.7. The van der Waals surface area contributed by atoms with Crippen LogP contribution in [0.1, 0.15) is 65.0 Å². The molecule has 7 heteroatoms. The minimum atomic E-state index is -0.275. The van der Waals surface area contributed by atoms with Gasteiger partial charge in [-0.3, -0.25) is 0 Å². The van der Waals surface area contributed by atoms with Crippen molar-refractivity contribution in [1.82, 2.24) is 0 Å². The SMILES string of the molecule is C#COc1cc2c(cc1OC)[N+](C)=C(/C=C/C1=C(Cl)C(=C/C=C3\N(C)c4cc(OC)c(OCC)cc4C3(C)C)/CCC1)C2(C)C. The molecule has 1 aliphatic carbocycles. The van der Waals surface area contributed by atoms with Crippen molar-refractivity contribution in [2.45, 2.75) is 64.7 Å². The van der Waals surface area contributed by atoms with Gasteiger partial charge in [-0.2, -0.15) is 4.58 Å². The molecule has 6 nitrogen and oxygen atoms in total. The average molecular weight is 628 g/mol. The fourth-order valence-electron chi connectivity index (χ4n) is 6.97. The molecule has 0 saturated carbocycles. The van der Waals surface area contributed by atoms with Crippen LogP contribution in [0.3, 0.4) is 0 Å². The fraction of sp³-hybridized carbons (Fsp3) is 0.395. The van der Waals surface area contributed by atoms with E-state index in [1.54, 1.807) is 14.2 Å². The largest absolute Gasteiger partial charge is 0.493 e. The van der Waals surface area contributed by atoms with E-state index in [0.717, 1.165) is 69.6 Å². The summed E-state index contributed by atoms with van der Waals surface area (Å²) in [6.07, 6.45) is 19.4. The number of likely N-dealkylation sites (N-methyl/N-ethyl adjacent to an activating group) is 1. The second kappa shape index (κ2) is 12.4. The molecule has 2 aromatic rings. The summed E-state index contributed by atoms with van der Waals surface area (Å²) in [6, 6.07) is 8.16. The van der Waals surface area contributed by atoms with E-state index in [1.165, 1.54) is 11.3 Å². The van der Waals surface area contributed by atoms with Gasteiger partial charge in [0, 0.05) is 46.6 Å². The summed E-state index contributed by atoms with van der Waals surface area (Å²) in [4.78, 5) is 2.24. The van der Waals surface area contributed by atoms with Crippen molar-refractivity contribution < 1.29 is 23.5 Å². The van der Waals surface area contributed by atoms with Gasteiger partial charge in [0.1, 0.15) is 13.2 Å². The third-order valence-corrected chi connectivity index (χ3v) is 9.93. The zero-order chi connectivity index (χ0) is 32.7. The quantitative estimate of drug-likeness (QED) is 0.217. The maximum atomic E-state index is 7.11. The molecule has 0 unspecified atom stereocenters. The van der Waals surface area contributed by atoms with E-state index in [4.69, 9.17) is 37.0 Å². The number of nitrogens with zero attached hydrogens (tertiary/aromatic N) is 2. The number of allylic oxidation sites excluding steroid dienone is 8. The molecule has 0 amide bonds. The van der Waals surface area contributed by atoms with E-state index in [-0.39, 0.29) is 10.8 Å². The first-order valence-electron chi connectivity index (χ1n) is 15.4. The normalized spacial score (nSPS) is 20.2. The molecule has 0 N–H and O–H groups in total. The molecule has 5 rings (SSSR count). The molecular formula is C38H44ClN2O4+. The van der Waals surface area contributed by atoms with Gasteiger partial charge in [-0.15, -0.1) is 0 Å². The standard InChI is InChI=1S/C38H44ClN2O4/c1-11-44-32-20-26-28(22-30(32)42-9)40(7)34(37(26,3)4)18-16-24-14-13-15-25(36(24)39)17-19-35-38(5,6)27-21-33(45-12-2)31(43-10)23-29(27)41(35)8/h1,16-23H,12-15H2,2-10H3/q+1. The maximum absolute atomic E-state index is 7.11. The van der Waals surface area contributed by atoms with Crippen molar-refractivity contribution in [1.29, 1.82) is 0 Å². The van der Waals surface area contributed by atoms with E-state index in [9.17, 15) is 0 Å². The molecule has 3 aliphatic rings. The number of halogens is 1. The Morgan fingerprint density at radius 3 is 2.29 bits per heavy atom. The van der Waals surface area contributed by atoms with E-state index < -0.39 is 0 Å². The highest BCUT2D eigenvalue weighted by Crippen LogP contribution is 2.51. The topological polar surface area (TPSA) is 43.2 Å². The maximum Gasteiger partial charge on any atom is 0.213 e. The highest BCUT2D eigenvalue weighted by Gasteiger charge is 2.44. The van der Waals surface area contributed by atoms with Gasteiger partial charge in [-0.25, -0.2) is 0 Å². The van der Waals surface area contributed by atoms with Crippen LogP contribution in [0, 0.1) is 12.5 Å². The van der Waals surface area contributed by atoms with Crippen molar-refractivity contribution in [3.63, 3.8) is 0 Å². The first-order valence-corrected chi connectivity index (χ1v) is 15.8. The molecule has 0 radical (unpaired) electrons. The molecule has 0 fully saturated rings.